The van der Waals surface area contributed by atoms with Gasteiger partial charge in [0.2, 0.25) is 5.88 Å². The second-order valence-corrected chi connectivity index (χ2v) is 4.96. The quantitative estimate of drug-likeness (QED) is 0.836. The molecule has 0 fully saturated rings. The van der Waals surface area contributed by atoms with Gasteiger partial charge in [-0.25, -0.2) is 0 Å². The van der Waals surface area contributed by atoms with Crippen molar-refractivity contribution in [3.63, 3.8) is 0 Å². The summed E-state index contributed by atoms with van der Waals surface area (Å²) in [7, 11) is 0. The van der Waals surface area contributed by atoms with E-state index in [1.165, 1.54) is 6.20 Å². The number of hydrogen-bond acceptors (Lipinski definition) is 7. The molecule has 0 aliphatic heterocycles. The van der Waals surface area contributed by atoms with E-state index in [-0.39, 0.29) is 6.61 Å². The maximum atomic E-state index is 9.71. The van der Waals surface area contributed by atoms with Crippen LogP contribution in [-0.4, -0.2) is 38.1 Å². The smallest absolute Gasteiger partial charge is 0.245 e. The van der Waals surface area contributed by atoms with E-state index in [1.54, 1.807) is 12.4 Å². The Bertz CT molecular complexity index is 482. The first kappa shape index (κ1) is 13.2. The molecule has 0 saturated carbocycles. The number of halogens is 1. The van der Waals surface area contributed by atoms with E-state index in [4.69, 9.17) is 4.74 Å². The molecule has 0 bridgehead atoms. The second-order valence-electron chi connectivity index (χ2n) is 3.48. The van der Waals surface area contributed by atoms with E-state index >= 15 is 0 Å². The Kier molecular flexibility index (Phi) is 4.85. The van der Waals surface area contributed by atoms with Crippen LogP contribution in [0.15, 0.2) is 29.1 Å². The second kappa shape index (κ2) is 6.62. The summed E-state index contributed by atoms with van der Waals surface area (Å²) in [5, 5.41) is 12.8. The fourth-order valence-corrected chi connectivity index (χ4v) is 1.93. The van der Waals surface area contributed by atoms with Crippen LogP contribution in [0.2, 0.25) is 0 Å². The van der Waals surface area contributed by atoms with Crippen molar-refractivity contribution < 1.29 is 9.84 Å². The van der Waals surface area contributed by atoms with Crippen molar-refractivity contribution in [3.05, 3.63) is 29.1 Å². The van der Waals surface area contributed by atoms with Gasteiger partial charge in [-0.1, -0.05) is 0 Å². The van der Waals surface area contributed by atoms with Gasteiger partial charge in [0.15, 0.2) is 0 Å². The maximum absolute atomic E-state index is 9.71. The Hall–Kier alpha value is -1.25. The number of ether oxygens (including phenoxy) is 1. The molecule has 2 rings (SSSR count). The molecular weight excluding hydrogens is 320 g/mol. The number of aromatic nitrogens is 3. The molecule has 8 heteroatoms. The predicted octanol–water partition coefficient (Wildman–Crippen LogP) is 1.55. The van der Waals surface area contributed by atoms with Gasteiger partial charge in [-0.2, -0.15) is 4.37 Å². The number of aliphatic hydroxyl groups is 1. The van der Waals surface area contributed by atoms with Crippen molar-refractivity contribution in [1.29, 1.82) is 0 Å². The Morgan fingerprint density at radius 1 is 1.44 bits per heavy atom. The van der Waals surface area contributed by atoms with Gasteiger partial charge in [-0.15, -0.1) is 4.37 Å². The van der Waals surface area contributed by atoms with Gasteiger partial charge in [0.25, 0.3) is 0 Å². The summed E-state index contributed by atoms with van der Waals surface area (Å²) < 4.78 is 13.8. The van der Waals surface area contributed by atoms with Gasteiger partial charge in [0, 0.05) is 17.2 Å². The zero-order chi connectivity index (χ0) is 12.8. The molecule has 0 aliphatic carbocycles. The highest BCUT2D eigenvalue weighted by atomic mass is 79.9. The number of aliphatic hydroxyl groups excluding tert-OH is 1. The van der Waals surface area contributed by atoms with E-state index in [0.717, 1.165) is 21.9 Å². The molecule has 2 aromatic heterocycles. The monoisotopic (exact) mass is 330 g/mol. The summed E-state index contributed by atoms with van der Waals surface area (Å²) in [6.45, 7) is 0.537. The first-order valence-corrected chi connectivity index (χ1v) is 6.69. The molecule has 0 radical (unpaired) electrons. The minimum Gasteiger partial charge on any atom is -0.473 e. The fraction of sp³-hybridized carbons (Fsp3) is 0.300. The van der Waals surface area contributed by atoms with Crippen molar-refractivity contribution >= 4 is 33.3 Å². The molecule has 2 N–H and O–H groups in total. The first-order valence-electron chi connectivity index (χ1n) is 5.17. The van der Waals surface area contributed by atoms with Gasteiger partial charge in [0.1, 0.15) is 18.9 Å². The van der Waals surface area contributed by atoms with E-state index < -0.39 is 6.10 Å². The highest BCUT2D eigenvalue weighted by Crippen LogP contribution is 2.13. The number of pyridine rings is 1. The molecule has 0 spiro atoms. The molecule has 96 valence electrons. The molecule has 2 heterocycles. The molecule has 0 aromatic carbocycles. The highest BCUT2D eigenvalue weighted by Gasteiger charge is 2.06. The topological polar surface area (TPSA) is 80.2 Å². The van der Waals surface area contributed by atoms with Crippen molar-refractivity contribution in [3.8, 4) is 5.88 Å². The van der Waals surface area contributed by atoms with Gasteiger partial charge in [0.05, 0.1) is 23.6 Å². The zero-order valence-corrected chi connectivity index (χ0v) is 11.7. The predicted molar refractivity (Wildman–Crippen MR) is 71.8 cm³/mol. The molecule has 1 atom stereocenters. The lowest BCUT2D eigenvalue weighted by Gasteiger charge is -2.12. The van der Waals surface area contributed by atoms with Crippen LogP contribution < -0.4 is 10.1 Å². The Balaban J connectivity index is 1.73. The van der Waals surface area contributed by atoms with Gasteiger partial charge in [-0.05, 0) is 22.0 Å². The number of rotatable bonds is 6. The van der Waals surface area contributed by atoms with Crippen LogP contribution in [0.4, 0.5) is 5.69 Å². The molecule has 0 amide bonds. The Morgan fingerprint density at radius 3 is 3.06 bits per heavy atom. The van der Waals surface area contributed by atoms with E-state index in [2.05, 4.69) is 35.0 Å². The normalized spacial score (nSPS) is 12.1. The summed E-state index contributed by atoms with van der Waals surface area (Å²) >= 11 is 4.39. The van der Waals surface area contributed by atoms with Crippen LogP contribution in [-0.2, 0) is 0 Å². The van der Waals surface area contributed by atoms with Gasteiger partial charge in [-0.3, -0.25) is 4.98 Å². The Morgan fingerprint density at radius 2 is 2.33 bits per heavy atom. The van der Waals surface area contributed by atoms with Gasteiger partial charge >= 0.3 is 0 Å². The van der Waals surface area contributed by atoms with Crippen LogP contribution in [0.5, 0.6) is 5.88 Å². The standard InChI is InChI=1S/C10H11BrN4O2S/c11-7-1-8(3-12-2-7)13-4-9(16)6-17-10-5-14-18-15-10/h1-3,5,9,13,16H,4,6H2. The molecular formula is C10H11BrN4O2S. The largest absolute Gasteiger partial charge is 0.473 e. The van der Waals surface area contributed by atoms with E-state index in [9.17, 15) is 5.11 Å². The molecule has 18 heavy (non-hydrogen) atoms. The lowest BCUT2D eigenvalue weighted by Crippen LogP contribution is -2.26. The summed E-state index contributed by atoms with van der Waals surface area (Å²) in [6.07, 6.45) is 4.26. The zero-order valence-electron chi connectivity index (χ0n) is 9.28. The van der Waals surface area contributed by atoms with Crippen molar-refractivity contribution in [2.75, 3.05) is 18.5 Å². The highest BCUT2D eigenvalue weighted by molar-refractivity contribution is 9.10. The van der Waals surface area contributed by atoms with Crippen molar-refractivity contribution in [2.45, 2.75) is 6.10 Å². The lowest BCUT2D eigenvalue weighted by atomic mass is 10.3. The average Bonchev–Trinajstić information content (AvgIpc) is 2.87. The van der Waals surface area contributed by atoms with E-state index in [1.807, 2.05) is 6.07 Å². The van der Waals surface area contributed by atoms with Crippen molar-refractivity contribution in [2.24, 2.45) is 0 Å². The Labute approximate surface area is 116 Å². The maximum Gasteiger partial charge on any atom is 0.245 e. The third kappa shape index (κ3) is 4.21. The number of nitrogens with one attached hydrogen (secondary N) is 1. The van der Waals surface area contributed by atoms with Crippen LogP contribution in [0.1, 0.15) is 0 Å². The van der Waals surface area contributed by atoms with Crippen LogP contribution >= 0.6 is 27.7 Å². The summed E-state index contributed by atoms with van der Waals surface area (Å²) in [5.74, 6) is 0.433. The molecule has 2 aromatic rings. The third-order valence-corrected chi connectivity index (χ3v) is 2.91. The summed E-state index contributed by atoms with van der Waals surface area (Å²) in [5.41, 5.74) is 0.832. The number of nitrogens with zero attached hydrogens (tertiary/aromatic N) is 3. The minimum atomic E-state index is -0.634. The van der Waals surface area contributed by atoms with Crippen LogP contribution in [0, 0.1) is 0 Å². The summed E-state index contributed by atoms with van der Waals surface area (Å²) in [6, 6.07) is 1.88. The fourth-order valence-electron chi connectivity index (χ4n) is 1.20. The molecule has 1 unspecified atom stereocenters. The van der Waals surface area contributed by atoms with Crippen LogP contribution in [0.3, 0.4) is 0 Å². The van der Waals surface area contributed by atoms with E-state index in [0.29, 0.717) is 12.4 Å². The minimum absolute atomic E-state index is 0.167. The third-order valence-electron chi connectivity index (χ3n) is 2.01. The van der Waals surface area contributed by atoms with Gasteiger partial charge < -0.3 is 15.2 Å². The molecule has 0 saturated heterocycles. The molecule has 6 nitrogen and oxygen atoms in total. The van der Waals surface area contributed by atoms with Crippen molar-refractivity contribution in [1.82, 2.24) is 13.7 Å². The first-order chi connectivity index (χ1) is 8.74. The SMILES string of the molecule is OC(CNc1cncc(Br)c1)COc1cnsn1. The average molecular weight is 331 g/mol. The summed E-state index contributed by atoms with van der Waals surface area (Å²) in [4.78, 5) is 4.01. The number of anilines is 1. The lowest BCUT2D eigenvalue weighted by molar-refractivity contribution is 0.115. The molecule has 0 aliphatic rings. The number of hydrogen-bond donors (Lipinski definition) is 2. The van der Waals surface area contributed by atoms with Crippen LogP contribution in [0.25, 0.3) is 0 Å².